The van der Waals surface area contributed by atoms with Gasteiger partial charge in [0.25, 0.3) is 0 Å². The summed E-state index contributed by atoms with van der Waals surface area (Å²) < 4.78 is 5.21. The van der Waals surface area contributed by atoms with E-state index in [4.69, 9.17) is 4.74 Å². The van der Waals surface area contributed by atoms with Gasteiger partial charge in [-0.15, -0.1) is 0 Å². The van der Waals surface area contributed by atoms with Gasteiger partial charge in [0.1, 0.15) is 12.3 Å². The van der Waals surface area contributed by atoms with Gasteiger partial charge in [0.05, 0.1) is 26.1 Å². The smallest absolute Gasteiger partial charge is 0.231 e. The third-order valence-electron chi connectivity index (χ3n) is 5.00. The molecule has 0 bridgehead atoms. The van der Waals surface area contributed by atoms with Gasteiger partial charge in [0, 0.05) is 18.7 Å². The van der Waals surface area contributed by atoms with Crippen molar-refractivity contribution in [1.82, 2.24) is 4.90 Å². The van der Waals surface area contributed by atoms with Gasteiger partial charge in [-0.05, 0) is 49.9 Å². The van der Waals surface area contributed by atoms with Crippen LogP contribution in [-0.2, 0) is 11.3 Å². The zero-order valence-corrected chi connectivity index (χ0v) is 13.5. The second-order valence-corrected chi connectivity index (χ2v) is 6.60. The van der Waals surface area contributed by atoms with Crippen molar-refractivity contribution in [2.75, 3.05) is 33.3 Å². The van der Waals surface area contributed by atoms with Crippen LogP contribution in [0.2, 0.25) is 0 Å². The molecule has 0 radical (unpaired) electrons. The van der Waals surface area contributed by atoms with Gasteiger partial charge >= 0.3 is 0 Å². The molecule has 2 heterocycles. The first-order valence-corrected chi connectivity index (χ1v) is 8.51. The Kier molecular flexibility index (Phi) is 4.98. The molecule has 0 saturated carbocycles. The van der Waals surface area contributed by atoms with Gasteiger partial charge in [-0.1, -0.05) is 0 Å². The Morgan fingerprint density at radius 2 is 1.95 bits per heavy atom. The lowest BCUT2D eigenvalue weighted by Crippen LogP contribution is -3.12. The van der Waals surface area contributed by atoms with Crippen LogP contribution in [0.3, 0.4) is 0 Å². The van der Waals surface area contributed by atoms with E-state index in [-0.39, 0.29) is 5.92 Å². The van der Waals surface area contributed by atoms with Crippen LogP contribution in [0.15, 0.2) is 24.3 Å². The zero-order chi connectivity index (χ0) is 15.4. The lowest BCUT2D eigenvalue weighted by molar-refractivity contribution is -0.921. The van der Waals surface area contributed by atoms with Crippen molar-refractivity contribution in [2.24, 2.45) is 5.92 Å². The second kappa shape index (κ2) is 7.14. The summed E-state index contributed by atoms with van der Waals surface area (Å²) >= 11 is 0. The Morgan fingerprint density at radius 3 is 2.64 bits per heavy atom. The maximum Gasteiger partial charge on any atom is 0.231 e. The number of ether oxygens (including phenoxy) is 1. The topological polar surface area (TPSA) is 34.0 Å². The van der Waals surface area contributed by atoms with Gasteiger partial charge in [-0.2, -0.15) is 0 Å². The van der Waals surface area contributed by atoms with Crippen molar-refractivity contribution in [1.29, 1.82) is 0 Å². The van der Waals surface area contributed by atoms with Crippen LogP contribution in [0.5, 0.6) is 5.75 Å². The molecule has 0 aromatic heterocycles. The van der Waals surface area contributed by atoms with E-state index in [0.717, 1.165) is 44.8 Å². The lowest BCUT2D eigenvalue weighted by Gasteiger charge is -2.31. The van der Waals surface area contributed by atoms with Gasteiger partial charge in [-0.25, -0.2) is 0 Å². The lowest BCUT2D eigenvalue weighted by atomic mass is 9.96. The van der Waals surface area contributed by atoms with Crippen LogP contribution in [0.25, 0.3) is 0 Å². The minimum Gasteiger partial charge on any atom is -0.497 e. The van der Waals surface area contributed by atoms with Crippen molar-refractivity contribution in [3.63, 3.8) is 0 Å². The normalized spacial score (nSPS) is 25.2. The van der Waals surface area contributed by atoms with E-state index < -0.39 is 0 Å². The van der Waals surface area contributed by atoms with E-state index in [1.807, 2.05) is 12.1 Å². The van der Waals surface area contributed by atoms with Gasteiger partial charge in [0.15, 0.2) is 0 Å². The average molecular weight is 303 g/mol. The summed E-state index contributed by atoms with van der Waals surface area (Å²) in [5, 5.41) is 0. The van der Waals surface area contributed by atoms with Crippen molar-refractivity contribution < 1.29 is 14.4 Å². The molecule has 4 nitrogen and oxygen atoms in total. The Morgan fingerprint density at radius 1 is 1.23 bits per heavy atom. The molecule has 2 saturated heterocycles. The number of hydrogen-bond acceptors (Lipinski definition) is 2. The van der Waals surface area contributed by atoms with E-state index in [2.05, 4.69) is 17.0 Å². The zero-order valence-electron chi connectivity index (χ0n) is 13.5. The predicted molar refractivity (Wildman–Crippen MR) is 85.9 cm³/mol. The van der Waals surface area contributed by atoms with E-state index in [1.54, 1.807) is 7.11 Å². The molecule has 1 N–H and O–H groups in total. The molecule has 3 rings (SSSR count). The summed E-state index contributed by atoms with van der Waals surface area (Å²) in [6.45, 7) is 5.12. The molecule has 0 aliphatic carbocycles. The molecule has 0 spiro atoms. The number of benzene rings is 1. The SMILES string of the molecule is COc1ccc(C[NH+]2CCCC(C(=O)N3CCCC3)C2)cc1. The fourth-order valence-electron chi connectivity index (χ4n) is 3.75. The number of hydrogen-bond donors (Lipinski definition) is 1. The summed E-state index contributed by atoms with van der Waals surface area (Å²) in [4.78, 5) is 16.2. The summed E-state index contributed by atoms with van der Waals surface area (Å²) in [6, 6.07) is 8.31. The molecule has 2 fully saturated rings. The molecule has 2 atom stereocenters. The Hall–Kier alpha value is -1.55. The van der Waals surface area contributed by atoms with E-state index in [1.165, 1.54) is 29.8 Å². The number of quaternary nitrogens is 1. The largest absolute Gasteiger partial charge is 0.497 e. The van der Waals surface area contributed by atoms with Gasteiger partial charge in [0.2, 0.25) is 5.91 Å². The van der Waals surface area contributed by atoms with E-state index >= 15 is 0 Å². The highest BCUT2D eigenvalue weighted by molar-refractivity contribution is 5.79. The second-order valence-electron chi connectivity index (χ2n) is 6.60. The minimum absolute atomic E-state index is 0.236. The first-order chi connectivity index (χ1) is 10.8. The standard InChI is InChI=1S/C18H26N2O2/c1-22-17-8-6-15(7-9-17)13-19-10-4-5-16(14-19)18(21)20-11-2-3-12-20/h6-9,16H,2-5,10-14H2,1H3/p+1. The molecule has 4 heteroatoms. The number of rotatable bonds is 4. The van der Waals surface area contributed by atoms with Crippen LogP contribution in [0.1, 0.15) is 31.2 Å². The molecule has 2 unspecified atom stereocenters. The van der Waals surface area contributed by atoms with Crippen molar-refractivity contribution in [3.8, 4) is 5.75 Å². The van der Waals surface area contributed by atoms with Crippen LogP contribution in [0, 0.1) is 5.92 Å². The molecule has 2 aliphatic heterocycles. The summed E-state index contributed by atoms with van der Waals surface area (Å²) in [5.74, 6) is 1.55. The van der Waals surface area contributed by atoms with Crippen molar-refractivity contribution in [2.45, 2.75) is 32.2 Å². The number of methoxy groups -OCH3 is 1. The molecular weight excluding hydrogens is 276 g/mol. The molecular formula is C18H27N2O2+. The third-order valence-corrected chi connectivity index (χ3v) is 5.00. The number of amides is 1. The number of likely N-dealkylation sites (tertiary alicyclic amines) is 2. The van der Waals surface area contributed by atoms with Gasteiger partial charge in [-0.3, -0.25) is 4.79 Å². The first-order valence-electron chi connectivity index (χ1n) is 8.51. The fourth-order valence-corrected chi connectivity index (χ4v) is 3.75. The molecule has 120 valence electrons. The van der Waals surface area contributed by atoms with Crippen molar-refractivity contribution >= 4 is 5.91 Å². The Bertz CT molecular complexity index is 494. The first kappa shape index (κ1) is 15.3. The maximum atomic E-state index is 12.6. The number of piperidine rings is 1. The molecule has 1 aromatic carbocycles. The highest BCUT2D eigenvalue weighted by Crippen LogP contribution is 2.17. The quantitative estimate of drug-likeness (QED) is 0.904. The number of carbonyl (C=O) groups excluding carboxylic acids is 1. The van der Waals surface area contributed by atoms with Gasteiger partial charge < -0.3 is 14.5 Å². The van der Waals surface area contributed by atoms with Crippen LogP contribution in [-0.4, -0.2) is 44.1 Å². The summed E-state index contributed by atoms with van der Waals surface area (Å²) in [5.41, 5.74) is 1.32. The molecule has 1 aromatic rings. The van der Waals surface area contributed by atoms with Crippen LogP contribution < -0.4 is 9.64 Å². The highest BCUT2D eigenvalue weighted by Gasteiger charge is 2.32. The fraction of sp³-hybridized carbons (Fsp3) is 0.611. The predicted octanol–water partition coefficient (Wildman–Crippen LogP) is 1.11. The van der Waals surface area contributed by atoms with E-state index in [9.17, 15) is 4.79 Å². The minimum atomic E-state index is 0.236. The molecule has 22 heavy (non-hydrogen) atoms. The Labute approximate surface area is 133 Å². The molecule has 1 amide bonds. The average Bonchev–Trinajstić information content (AvgIpc) is 3.09. The van der Waals surface area contributed by atoms with Crippen LogP contribution >= 0.6 is 0 Å². The third kappa shape index (κ3) is 3.61. The van der Waals surface area contributed by atoms with Crippen molar-refractivity contribution in [3.05, 3.63) is 29.8 Å². The maximum absolute atomic E-state index is 12.6. The highest BCUT2D eigenvalue weighted by atomic mass is 16.5. The Balaban J connectivity index is 1.56. The van der Waals surface area contributed by atoms with E-state index in [0.29, 0.717) is 5.91 Å². The number of nitrogens with zero attached hydrogens (tertiary/aromatic N) is 1. The van der Waals surface area contributed by atoms with Crippen LogP contribution in [0.4, 0.5) is 0 Å². The molecule has 2 aliphatic rings. The number of nitrogens with one attached hydrogen (secondary N) is 1. The monoisotopic (exact) mass is 303 g/mol. The summed E-state index contributed by atoms with van der Waals surface area (Å²) in [7, 11) is 1.69. The number of carbonyl (C=O) groups is 1. The summed E-state index contributed by atoms with van der Waals surface area (Å²) in [6.07, 6.45) is 4.60.